The van der Waals surface area contributed by atoms with Gasteiger partial charge in [-0.2, -0.15) is 0 Å². The fourth-order valence-corrected chi connectivity index (χ4v) is 3.40. The molecule has 1 aromatic carbocycles. The van der Waals surface area contributed by atoms with Crippen molar-refractivity contribution >= 4 is 12.5 Å². The second-order valence-electron chi connectivity index (χ2n) is 5.42. The smallest absolute Gasteiger partial charge is 0.359 e. The molecule has 2 unspecified atom stereocenters. The summed E-state index contributed by atoms with van der Waals surface area (Å²) >= 11 is 0. The zero-order valence-corrected chi connectivity index (χ0v) is 10.6. The summed E-state index contributed by atoms with van der Waals surface area (Å²) in [6, 6.07) is 15.0. The number of nitrogens with zero attached hydrogens (tertiary/aromatic N) is 1. The summed E-state index contributed by atoms with van der Waals surface area (Å²) in [6.07, 6.45) is 2.12. The number of fused-ring (bicyclic) bond motifs is 7. The fourth-order valence-electron chi connectivity index (χ4n) is 3.40. The van der Waals surface area contributed by atoms with Gasteiger partial charge in [-0.15, -0.1) is 0 Å². The lowest BCUT2D eigenvalue weighted by molar-refractivity contribution is -0.570. The molecule has 0 spiro atoms. The highest BCUT2D eigenvalue weighted by Crippen LogP contribution is 2.44. The van der Waals surface area contributed by atoms with E-state index in [0.29, 0.717) is 5.92 Å². The number of rotatable bonds is 0. The van der Waals surface area contributed by atoms with E-state index in [1.54, 1.807) is 0 Å². The Morgan fingerprint density at radius 2 is 1.94 bits per heavy atom. The van der Waals surface area contributed by atoms with E-state index >= 15 is 0 Å². The Morgan fingerprint density at radius 1 is 1.17 bits per heavy atom. The van der Waals surface area contributed by atoms with Crippen molar-refractivity contribution < 1.29 is 9.13 Å². The predicted octanol–water partition coefficient (Wildman–Crippen LogP) is 1.58. The van der Waals surface area contributed by atoms with Crippen LogP contribution in [-0.2, 0) is 10.3 Å². The first kappa shape index (κ1) is 10.3. The average Bonchev–Trinajstić information content (AvgIpc) is 2.70. The third-order valence-electron chi connectivity index (χ3n) is 4.56. The normalized spacial score (nSPS) is 27.9. The molecule has 4 rings (SSSR count). The van der Waals surface area contributed by atoms with Crippen LogP contribution in [0.3, 0.4) is 0 Å². The summed E-state index contributed by atoms with van der Waals surface area (Å²) in [5.74, 6) is 0.360. The summed E-state index contributed by atoms with van der Waals surface area (Å²) in [6.45, 7) is 4.47. The molecule has 0 amide bonds. The van der Waals surface area contributed by atoms with Crippen LogP contribution in [0.2, 0.25) is 0 Å². The summed E-state index contributed by atoms with van der Waals surface area (Å²) in [4.78, 5) is 0. The van der Waals surface area contributed by atoms with Gasteiger partial charge in [0.15, 0.2) is 5.69 Å². The third kappa shape index (κ3) is 1.06. The molecule has 0 radical (unpaired) electrons. The Hall–Kier alpha value is -1.61. The van der Waals surface area contributed by atoms with E-state index in [4.69, 9.17) is 4.65 Å². The van der Waals surface area contributed by atoms with Gasteiger partial charge < -0.3 is 4.65 Å². The van der Waals surface area contributed by atoms with Crippen molar-refractivity contribution in [1.82, 2.24) is 0 Å². The van der Waals surface area contributed by atoms with Crippen molar-refractivity contribution in [2.75, 3.05) is 0 Å². The Kier molecular flexibility index (Phi) is 1.86. The molecule has 3 heterocycles. The lowest BCUT2D eigenvalue weighted by Crippen LogP contribution is -2.64. The average molecular weight is 236 g/mol. The Bertz CT molecular complexity index is 631. The van der Waals surface area contributed by atoms with Crippen molar-refractivity contribution in [2.24, 2.45) is 0 Å². The zero-order valence-electron chi connectivity index (χ0n) is 10.6. The largest absolute Gasteiger partial charge is 0.697 e. The number of benzene rings is 1. The van der Waals surface area contributed by atoms with Gasteiger partial charge >= 0.3 is 7.05 Å². The minimum atomic E-state index is -0.192. The van der Waals surface area contributed by atoms with Gasteiger partial charge in [-0.1, -0.05) is 30.3 Å². The summed E-state index contributed by atoms with van der Waals surface area (Å²) in [5, 5.41) is 0. The molecule has 1 aromatic heterocycles. The van der Waals surface area contributed by atoms with Crippen LogP contribution >= 0.6 is 0 Å². The number of aromatic nitrogens is 1. The first-order valence-corrected chi connectivity index (χ1v) is 6.49. The van der Waals surface area contributed by atoms with Gasteiger partial charge in [-0.25, -0.2) is 0 Å². The molecular weight excluding hydrogens is 221 g/mol. The van der Waals surface area contributed by atoms with Gasteiger partial charge in [0.25, 0.3) is 0 Å². The van der Waals surface area contributed by atoms with Gasteiger partial charge in [0.2, 0.25) is 0 Å². The maximum Gasteiger partial charge on any atom is 0.697 e. The van der Waals surface area contributed by atoms with Crippen LogP contribution in [0.25, 0.3) is 0 Å². The first-order chi connectivity index (χ1) is 8.72. The van der Waals surface area contributed by atoms with Gasteiger partial charge in [0, 0.05) is 11.5 Å². The molecule has 0 saturated carbocycles. The van der Waals surface area contributed by atoms with Crippen molar-refractivity contribution in [2.45, 2.75) is 25.4 Å². The molecule has 0 fully saturated rings. The van der Waals surface area contributed by atoms with Gasteiger partial charge in [-0.05, 0) is 25.5 Å². The van der Waals surface area contributed by atoms with Crippen LogP contribution in [0.15, 0.2) is 48.7 Å². The number of hydrogen-bond donors (Lipinski definition) is 0. The summed E-state index contributed by atoms with van der Waals surface area (Å²) in [7, 11) is 0.0404. The fraction of sp³-hybridized carbons (Fsp3) is 0.267. The van der Waals surface area contributed by atoms with E-state index < -0.39 is 0 Å². The van der Waals surface area contributed by atoms with Crippen molar-refractivity contribution in [3.8, 4) is 0 Å². The molecule has 0 saturated heterocycles. The zero-order chi connectivity index (χ0) is 12.3. The Balaban J connectivity index is 2.06. The van der Waals surface area contributed by atoms with Crippen LogP contribution in [0, 0.1) is 0 Å². The van der Waals surface area contributed by atoms with Crippen molar-refractivity contribution in [3.05, 3.63) is 59.9 Å². The number of hydrogen-bond acceptors (Lipinski definition) is 1. The van der Waals surface area contributed by atoms with E-state index in [-0.39, 0.29) is 12.7 Å². The summed E-state index contributed by atoms with van der Waals surface area (Å²) < 4.78 is 8.62. The molecule has 18 heavy (non-hydrogen) atoms. The Morgan fingerprint density at radius 3 is 2.83 bits per heavy atom. The second-order valence-corrected chi connectivity index (χ2v) is 5.42. The lowest BCUT2D eigenvalue weighted by Gasteiger charge is -2.33. The first-order valence-electron chi connectivity index (χ1n) is 6.49. The maximum absolute atomic E-state index is 6.36. The van der Waals surface area contributed by atoms with Crippen LogP contribution in [0.4, 0.5) is 0 Å². The van der Waals surface area contributed by atoms with E-state index in [1.165, 1.54) is 16.7 Å². The van der Waals surface area contributed by atoms with Crippen LogP contribution in [0.5, 0.6) is 0 Å². The minimum absolute atomic E-state index is 0.0404. The van der Waals surface area contributed by atoms with Crippen molar-refractivity contribution in [1.29, 1.82) is 0 Å². The molecule has 88 valence electrons. The molecule has 3 heteroatoms. The SMILES string of the molecule is CC1c2cccc[n+]2B2OC1(C)c1ccccc12. The van der Waals surface area contributed by atoms with E-state index in [2.05, 4.69) is 67.0 Å². The molecule has 0 aliphatic carbocycles. The highest BCUT2D eigenvalue weighted by atomic mass is 16.5. The molecule has 2 aliphatic heterocycles. The van der Waals surface area contributed by atoms with E-state index in [9.17, 15) is 0 Å². The molecule has 2 nitrogen and oxygen atoms in total. The Labute approximate surface area is 107 Å². The van der Waals surface area contributed by atoms with Crippen LogP contribution in [0.1, 0.15) is 31.0 Å². The third-order valence-corrected chi connectivity index (χ3v) is 4.56. The molecule has 0 N–H and O–H groups in total. The number of pyridine rings is 1. The van der Waals surface area contributed by atoms with Crippen LogP contribution in [-0.4, -0.2) is 7.05 Å². The summed E-state index contributed by atoms with van der Waals surface area (Å²) in [5.41, 5.74) is 3.81. The molecule has 2 atom stereocenters. The monoisotopic (exact) mass is 236 g/mol. The second kappa shape index (κ2) is 3.24. The van der Waals surface area contributed by atoms with Gasteiger partial charge in [-0.3, -0.25) is 4.48 Å². The minimum Gasteiger partial charge on any atom is -0.359 e. The van der Waals surface area contributed by atoms with Crippen molar-refractivity contribution in [3.63, 3.8) is 0 Å². The lowest BCUT2D eigenvalue weighted by atomic mass is 9.73. The molecule has 2 bridgehead atoms. The standard InChI is InChI=1S/C15H15BNO/c1-11-14-9-5-6-10-17(14)16-13-8-4-3-7-12(13)15(11,2)18-16/h3-11H,1-2H3/q+1. The quantitative estimate of drug-likeness (QED) is 0.633. The maximum atomic E-state index is 6.36. The van der Waals surface area contributed by atoms with Crippen LogP contribution < -0.4 is 9.94 Å². The van der Waals surface area contributed by atoms with Gasteiger partial charge in [0.05, 0.1) is 11.5 Å². The molecular formula is C15H15BNO+. The highest BCUT2D eigenvalue weighted by molar-refractivity contribution is 6.61. The van der Waals surface area contributed by atoms with E-state index in [1.807, 2.05) is 0 Å². The highest BCUT2D eigenvalue weighted by Gasteiger charge is 2.60. The predicted molar refractivity (Wildman–Crippen MR) is 70.7 cm³/mol. The topological polar surface area (TPSA) is 13.1 Å². The molecule has 2 aliphatic rings. The molecule has 2 aromatic rings. The van der Waals surface area contributed by atoms with E-state index in [0.717, 1.165) is 0 Å². The van der Waals surface area contributed by atoms with Gasteiger partial charge in [0.1, 0.15) is 6.20 Å².